The number of hydrogen-bond acceptors (Lipinski definition) is 5. The number of hydrogen-bond donors (Lipinski definition) is 2. The smallest absolute Gasteiger partial charge is 0.326 e. The van der Waals surface area contributed by atoms with Crippen LogP contribution in [0.15, 0.2) is 42.7 Å². The zero-order valence-electron chi connectivity index (χ0n) is 13.4. The zero-order chi connectivity index (χ0) is 16.9. The molecule has 2 heterocycles. The van der Waals surface area contributed by atoms with Gasteiger partial charge < -0.3 is 10.4 Å². The average Bonchev–Trinajstić information content (AvgIpc) is 3.04. The van der Waals surface area contributed by atoms with Crippen LogP contribution in [0.1, 0.15) is 24.6 Å². The molecule has 0 aliphatic rings. The van der Waals surface area contributed by atoms with Gasteiger partial charge in [0, 0.05) is 18.2 Å². The van der Waals surface area contributed by atoms with Crippen LogP contribution in [0.2, 0.25) is 0 Å². The summed E-state index contributed by atoms with van der Waals surface area (Å²) in [7, 11) is 0. The molecule has 0 aliphatic heterocycles. The van der Waals surface area contributed by atoms with Crippen LogP contribution in [0.5, 0.6) is 0 Å². The van der Waals surface area contributed by atoms with Gasteiger partial charge in [-0.15, -0.1) is 0 Å². The van der Waals surface area contributed by atoms with E-state index in [1.807, 2.05) is 36.4 Å². The summed E-state index contributed by atoms with van der Waals surface area (Å²) in [5.41, 5.74) is 1.82. The summed E-state index contributed by atoms with van der Waals surface area (Å²) >= 11 is 0. The van der Waals surface area contributed by atoms with E-state index >= 15 is 0 Å². The molecule has 0 spiro atoms. The van der Waals surface area contributed by atoms with E-state index in [2.05, 4.69) is 27.3 Å². The van der Waals surface area contributed by atoms with E-state index in [9.17, 15) is 9.90 Å². The van der Waals surface area contributed by atoms with E-state index in [4.69, 9.17) is 0 Å². The molecule has 0 unspecified atom stereocenters. The van der Waals surface area contributed by atoms with Crippen LogP contribution in [0.25, 0.3) is 5.78 Å². The molecule has 0 fully saturated rings. The van der Waals surface area contributed by atoms with Gasteiger partial charge >= 0.3 is 5.97 Å². The number of aromatic nitrogens is 4. The van der Waals surface area contributed by atoms with Crippen LogP contribution in [-0.2, 0) is 17.6 Å². The number of nitrogens with zero attached hydrogens (tertiary/aromatic N) is 4. The molecule has 0 bridgehead atoms. The molecule has 1 atom stereocenters. The van der Waals surface area contributed by atoms with Crippen LogP contribution in [0, 0.1) is 0 Å². The van der Waals surface area contributed by atoms with Crippen LogP contribution < -0.4 is 5.32 Å². The summed E-state index contributed by atoms with van der Waals surface area (Å²) in [5.74, 6) is 0.137. The number of carboxylic acids is 1. The number of carbonyl (C=O) groups is 1. The Balaban J connectivity index is 1.90. The van der Waals surface area contributed by atoms with Crippen LogP contribution in [0.3, 0.4) is 0 Å². The number of aliphatic carboxylic acids is 1. The van der Waals surface area contributed by atoms with Crippen LogP contribution in [-0.4, -0.2) is 36.7 Å². The first kappa shape index (κ1) is 15.9. The third-order valence-electron chi connectivity index (χ3n) is 3.71. The Labute approximate surface area is 139 Å². The van der Waals surface area contributed by atoms with Crippen molar-refractivity contribution in [1.82, 2.24) is 19.6 Å². The van der Waals surface area contributed by atoms with Gasteiger partial charge in [0.15, 0.2) is 0 Å². The highest BCUT2D eigenvalue weighted by Gasteiger charge is 2.20. The molecule has 2 N–H and O–H groups in total. The maximum Gasteiger partial charge on any atom is 0.326 e. The summed E-state index contributed by atoms with van der Waals surface area (Å²) in [4.78, 5) is 20.2. The Bertz CT molecular complexity index is 831. The lowest BCUT2D eigenvalue weighted by atomic mass is 10.1. The summed E-state index contributed by atoms with van der Waals surface area (Å²) in [5, 5.41) is 16.8. The van der Waals surface area contributed by atoms with Gasteiger partial charge in [-0.25, -0.2) is 9.78 Å². The van der Waals surface area contributed by atoms with Gasteiger partial charge in [-0.3, -0.25) is 0 Å². The minimum atomic E-state index is -0.916. The molecule has 2 aromatic heterocycles. The molecule has 7 heteroatoms. The minimum Gasteiger partial charge on any atom is -0.480 e. The Morgan fingerprint density at radius 1 is 1.33 bits per heavy atom. The maximum atomic E-state index is 11.7. The van der Waals surface area contributed by atoms with E-state index in [-0.39, 0.29) is 0 Å². The Morgan fingerprint density at radius 2 is 2.12 bits per heavy atom. The fourth-order valence-electron chi connectivity index (χ4n) is 2.58. The lowest BCUT2D eigenvalue weighted by Crippen LogP contribution is -2.32. The molecule has 1 aromatic carbocycles. The van der Waals surface area contributed by atoms with E-state index < -0.39 is 12.0 Å². The number of fused-ring (bicyclic) bond motifs is 1. The van der Waals surface area contributed by atoms with Crippen molar-refractivity contribution in [3.63, 3.8) is 0 Å². The normalized spacial score (nSPS) is 12.2. The summed E-state index contributed by atoms with van der Waals surface area (Å²) in [6, 6.07) is 10.6. The number of anilines is 1. The lowest BCUT2D eigenvalue weighted by Gasteiger charge is -2.17. The Hall–Kier alpha value is -2.96. The lowest BCUT2D eigenvalue weighted by molar-refractivity contribution is -0.137. The van der Waals surface area contributed by atoms with Crippen LogP contribution in [0.4, 0.5) is 5.82 Å². The summed E-state index contributed by atoms with van der Waals surface area (Å²) in [6.45, 7) is 2.07. The zero-order valence-corrected chi connectivity index (χ0v) is 13.4. The molecular weight excluding hydrogens is 306 g/mol. The van der Waals surface area contributed by atoms with Crippen molar-refractivity contribution in [2.45, 2.75) is 32.2 Å². The van der Waals surface area contributed by atoms with Gasteiger partial charge in [0.2, 0.25) is 0 Å². The second-order valence-corrected chi connectivity index (χ2v) is 5.58. The van der Waals surface area contributed by atoms with Crippen molar-refractivity contribution in [2.24, 2.45) is 0 Å². The number of aryl methyl sites for hydroxylation is 1. The second-order valence-electron chi connectivity index (χ2n) is 5.58. The molecule has 24 heavy (non-hydrogen) atoms. The van der Waals surface area contributed by atoms with E-state index in [0.29, 0.717) is 18.0 Å². The Morgan fingerprint density at radius 3 is 2.83 bits per heavy atom. The predicted molar refractivity (Wildman–Crippen MR) is 90.0 cm³/mol. The number of nitrogens with one attached hydrogen (secondary N) is 1. The van der Waals surface area contributed by atoms with Gasteiger partial charge in [-0.05, 0) is 12.0 Å². The fraction of sp³-hybridized carbons (Fsp3) is 0.294. The topological polar surface area (TPSA) is 92.4 Å². The molecule has 3 rings (SSSR count). The van der Waals surface area contributed by atoms with Crippen LogP contribution >= 0.6 is 0 Å². The van der Waals surface area contributed by atoms with Gasteiger partial charge in [0.1, 0.15) is 18.2 Å². The molecular formula is C17H19N5O2. The molecule has 3 aromatic rings. The molecule has 0 saturated heterocycles. The summed E-state index contributed by atoms with van der Waals surface area (Å²) in [6.07, 6.45) is 3.53. The quantitative estimate of drug-likeness (QED) is 0.692. The van der Waals surface area contributed by atoms with Crippen molar-refractivity contribution < 1.29 is 9.90 Å². The largest absolute Gasteiger partial charge is 0.480 e. The SMILES string of the molecule is CCCc1cc(N[C@H](Cc2ccccc2)C(=O)O)n2ncnc2n1. The van der Waals surface area contributed by atoms with Gasteiger partial charge in [-0.2, -0.15) is 14.6 Å². The molecule has 0 amide bonds. The first-order valence-corrected chi connectivity index (χ1v) is 7.90. The maximum absolute atomic E-state index is 11.7. The second kappa shape index (κ2) is 7.08. The highest BCUT2D eigenvalue weighted by atomic mass is 16.4. The van der Waals surface area contributed by atoms with Gasteiger partial charge in [-0.1, -0.05) is 43.7 Å². The van der Waals surface area contributed by atoms with Crippen molar-refractivity contribution in [2.75, 3.05) is 5.32 Å². The third-order valence-corrected chi connectivity index (χ3v) is 3.71. The number of carboxylic acid groups (broad SMARTS) is 1. The fourth-order valence-corrected chi connectivity index (χ4v) is 2.58. The first-order chi connectivity index (χ1) is 11.7. The molecule has 0 saturated carbocycles. The third kappa shape index (κ3) is 3.51. The predicted octanol–water partition coefficient (Wildman–Crippen LogP) is 2.18. The van der Waals surface area contributed by atoms with Crippen molar-refractivity contribution in [3.05, 3.63) is 54.0 Å². The Kier molecular flexibility index (Phi) is 4.69. The number of rotatable bonds is 7. The highest BCUT2D eigenvalue weighted by molar-refractivity contribution is 5.77. The van der Waals surface area contributed by atoms with Crippen molar-refractivity contribution in [3.8, 4) is 0 Å². The van der Waals surface area contributed by atoms with E-state index in [0.717, 1.165) is 24.1 Å². The average molecular weight is 325 g/mol. The highest BCUT2D eigenvalue weighted by Crippen LogP contribution is 2.15. The van der Waals surface area contributed by atoms with E-state index in [1.54, 1.807) is 0 Å². The molecule has 7 nitrogen and oxygen atoms in total. The molecule has 0 radical (unpaired) electrons. The van der Waals surface area contributed by atoms with Gasteiger partial charge in [0.05, 0.1) is 0 Å². The summed E-state index contributed by atoms with van der Waals surface area (Å²) < 4.78 is 1.53. The van der Waals surface area contributed by atoms with Gasteiger partial charge in [0.25, 0.3) is 5.78 Å². The molecule has 124 valence electrons. The monoisotopic (exact) mass is 325 g/mol. The van der Waals surface area contributed by atoms with Crippen molar-refractivity contribution in [1.29, 1.82) is 0 Å². The molecule has 0 aliphatic carbocycles. The minimum absolute atomic E-state index is 0.373. The standard InChI is InChI=1S/C17H19N5O2/c1-2-6-13-10-15(22-17(20-13)18-11-19-22)21-14(16(23)24)9-12-7-4-3-5-8-12/h3-5,7-8,10-11,14,21H,2,6,9H2,1H3,(H,23,24)/t14-/m1/s1. The number of benzene rings is 1. The van der Waals surface area contributed by atoms with E-state index in [1.165, 1.54) is 10.8 Å². The van der Waals surface area contributed by atoms with Crippen molar-refractivity contribution >= 4 is 17.6 Å². The first-order valence-electron chi connectivity index (χ1n) is 7.90.